The number of hydrogen-bond donors (Lipinski definition) is 1. The minimum atomic E-state index is -0.947. The van der Waals surface area contributed by atoms with Gasteiger partial charge in [0.1, 0.15) is 17.5 Å². The molecule has 6 nitrogen and oxygen atoms in total. The molecule has 106 valence electrons. The van der Waals surface area contributed by atoms with Crippen LogP contribution in [0.25, 0.3) is 0 Å². The highest BCUT2D eigenvalue weighted by Crippen LogP contribution is 2.26. The molecule has 0 aromatic carbocycles. The second kappa shape index (κ2) is 5.11. The predicted octanol–water partition coefficient (Wildman–Crippen LogP) is 1.10. The summed E-state index contributed by atoms with van der Waals surface area (Å²) in [5, 5.41) is 9.14. The highest BCUT2D eigenvalue weighted by atomic mass is 16.5. The van der Waals surface area contributed by atoms with Crippen LogP contribution in [0.3, 0.4) is 0 Å². The van der Waals surface area contributed by atoms with Gasteiger partial charge >= 0.3 is 5.97 Å². The first-order valence-corrected chi connectivity index (χ1v) is 6.82. The summed E-state index contributed by atoms with van der Waals surface area (Å²) in [4.78, 5) is 29.1. The van der Waals surface area contributed by atoms with Gasteiger partial charge in [-0.15, -0.1) is 0 Å². The molecule has 1 fully saturated rings. The lowest BCUT2D eigenvalue weighted by atomic mass is 10.1. The second-order valence-electron chi connectivity index (χ2n) is 5.12. The van der Waals surface area contributed by atoms with E-state index in [1.54, 1.807) is 12.3 Å². The van der Waals surface area contributed by atoms with Crippen LogP contribution in [0.2, 0.25) is 0 Å². The molecule has 3 heterocycles. The lowest BCUT2D eigenvalue weighted by Crippen LogP contribution is -2.40. The number of hydrogen-bond acceptors (Lipinski definition) is 4. The predicted molar refractivity (Wildman–Crippen MR) is 69.7 cm³/mol. The van der Waals surface area contributed by atoms with E-state index in [9.17, 15) is 9.59 Å². The first-order chi connectivity index (χ1) is 9.66. The van der Waals surface area contributed by atoms with Crippen molar-refractivity contribution in [2.24, 2.45) is 0 Å². The smallest absolute Gasteiger partial charge is 0.326 e. The summed E-state index contributed by atoms with van der Waals surface area (Å²) >= 11 is 0. The summed E-state index contributed by atoms with van der Waals surface area (Å²) in [7, 11) is 0. The molecule has 0 aliphatic carbocycles. The number of fused-ring (bicyclic) bond motifs is 1. The van der Waals surface area contributed by atoms with Crippen LogP contribution < -0.4 is 4.74 Å². The molecule has 1 saturated heterocycles. The van der Waals surface area contributed by atoms with Crippen LogP contribution in [0.1, 0.15) is 35.3 Å². The Morgan fingerprint density at radius 1 is 1.40 bits per heavy atom. The highest BCUT2D eigenvalue weighted by molar-refractivity contribution is 5.95. The van der Waals surface area contributed by atoms with Gasteiger partial charge in [-0.1, -0.05) is 0 Å². The van der Waals surface area contributed by atoms with Gasteiger partial charge in [0.15, 0.2) is 0 Å². The van der Waals surface area contributed by atoms with Crippen molar-refractivity contribution < 1.29 is 19.4 Å². The van der Waals surface area contributed by atoms with Crippen molar-refractivity contribution in [2.45, 2.75) is 31.7 Å². The highest BCUT2D eigenvalue weighted by Gasteiger charge is 2.35. The number of aromatic nitrogens is 1. The van der Waals surface area contributed by atoms with Gasteiger partial charge in [0.25, 0.3) is 5.91 Å². The van der Waals surface area contributed by atoms with Crippen LogP contribution in [-0.4, -0.2) is 46.1 Å². The fourth-order valence-electron chi connectivity index (χ4n) is 2.79. The third-order valence-electron chi connectivity index (χ3n) is 3.81. The molecule has 1 N–H and O–H groups in total. The average Bonchev–Trinajstić information content (AvgIpc) is 2.95. The van der Waals surface area contributed by atoms with Gasteiger partial charge in [-0.2, -0.15) is 0 Å². The third kappa shape index (κ3) is 2.21. The molecule has 2 aliphatic heterocycles. The van der Waals surface area contributed by atoms with E-state index < -0.39 is 12.0 Å². The van der Waals surface area contributed by atoms with Gasteiger partial charge in [0.05, 0.1) is 12.8 Å². The van der Waals surface area contributed by atoms with E-state index in [-0.39, 0.29) is 5.91 Å². The Hall–Kier alpha value is -2.11. The first kappa shape index (κ1) is 12.9. The molecule has 1 unspecified atom stereocenters. The number of aliphatic carboxylic acids is 1. The van der Waals surface area contributed by atoms with Crippen molar-refractivity contribution in [3.05, 3.63) is 23.5 Å². The summed E-state index contributed by atoms with van der Waals surface area (Å²) in [5.41, 5.74) is 1.28. The van der Waals surface area contributed by atoms with Gasteiger partial charge < -0.3 is 14.7 Å². The number of carbonyl (C=O) groups excluding carboxylic acids is 1. The van der Waals surface area contributed by atoms with E-state index >= 15 is 0 Å². The largest absolute Gasteiger partial charge is 0.492 e. The summed E-state index contributed by atoms with van der Waals surface area (Å²) in [6.07, 6.45) is 4.58. The number of carbonyl (C=O) groups is 2. The molecule has 1 aromatic heterocycles. The number of nitrogens with zero attached hydrogens (tertiary/aromatic N) is 2. The van der Waals surface area contributed by atoms with Crippen molar-refractivity contribution in [1.29, 1.82) is 0 Å². The Morgan fingerprint density at radius 3 is 3.05 bits per heavy atom. The van der Waals surface area contributed by atoms with Gasteiger partial charge in [0, 0.05) is 6.54 Å². The molecule has 20 heavy (non-hydrogen) atoms. The van der Waals surface area contributed by atoms with Crippen LogP contribution in [-0.2, 0) is 11.2 Å². The van der Waals surface area contributed by atoms with Gasteiger partial charge in [0.2, 0.25) is 0 Å². The maximum Gasteiger partial charge on any atom is 0.326 e. The molecule has 0 bridgehead atoms. The average molecular weight is 276 g/mol. The molecule has 0 radical (unpaired) electrons. The molecule has 6 heteroatoms. The topological polar surface area (TPSA) is 79.7 Å². The molecular formula is C14H16N2O4. The number of rotatable bonds is 2. The molecule has 1 aromatic rings. The Labute approximate surface area is 116 Å². The van der Waals surface area contributed by atoms with Crippen LogP contribution in [0.15, 0.2) is 12.3 Å². The molecule has 0 spiro atoms. The van der Waals surface area contributed by atoms with Crippen molar-refractivity contribution in [3.8, 4) is 5.75 Å². The monoisotopic (exact) mass is 276 g/mol. The Bertz CT molecular complexity index is 558. The lowest BCUT2D eigenvalue weighted by Gasteiger charge is -2.22. The molecule has 1 amide bonds. The van der Waals surface area contributed by atoms with E-state index in [1.165, 1.54) is 4.90 Å². The van der Waals surface area contributed by atoms with Crippen LogP contribution in [0.5, 0.6) is 5.75 Å². The molecule has 0 saturated carbocycles. The maximum atomic E-state index is 12.4. The van der Waals surface area contributed by atoms with Gasteiger partial charge in [-0.25, -0.2) is 9.78 Å². The number of carboxylic acid groups (broad SMARTS) is 1. The van der Waals surface area contributed by atoms with E-state index in [1.807, 2.05) is 0 Å². The summed E-state index contributed by atoms with van der Waals surface area (Å²) in [5.74, 6) is -0.524. The number of pyridine rings is 1. The third-order valence-corrected chi connectivity index (χ3v) is 3.81. The molecule has 1 atom stereocenters. The summed E-state index contributed by atoms with van der Waals surface area (Å²) in [6, 6.07) is 1.00. The van der Waals surface area contributed by atoms with E-state index in [0.29, 0.717) is 25.3 Å². The standard InChI is InChI=1S/C14H16N2O4/c17-13(16-5-1-4-11(16)14(18)19)10-7-9-3-2-6-20-12(9)8-15-10/h7-8,11H,1-6H2,(H,18,19). The number of aryl methyl sites for hydroxylation is 1. The van der Waals surface area contributed by atoms with Gasteiger partial charge in [-0.05, 0) is 37.3 Å². The number of likely N-dealkylation sites (tertiary alicyclic amines) is 1. The Balaban J connectivity index is 1.85. The molecule has 3 rings (SSSR count). The molecular weight excluding hydrogens is 260 g/mol. The van der Waals surface area contributed by atoms with Crippen molar-refractivity contribution >= 4 is 11.9 Å². The minimum Gasteiger partial charge on any atom is -0.492 e. The maximum absolute atomic E-state index is 12.4. The zero-order valence-electron chi connectivity index (χ0n) is 11.0. The fraction of sp³-hybridized carbons (Fsp3) is 0.500. The number of ether oxygens (including phenoxy) is 1. The summed E-state index contributed by atoms with van der Waals surface area (Å²) in [6.45, 7) is 1.15. The van der Waals surface area contributed by atoms with E-state index in [2.05, 4.69) is 4.98 Å². The van der Waals surface area contributed by atoms with E-state index in [4.69, 9.17) is 9.84 Å². The second-order valence-corrected chi connectivity index (χ2v) is 5.12. The van der Waals surface area contributed by atoms with Crippen molar-refractivity contribution in [1.82, 2.24) is 9.88 Å². The number of carboxylic acids is 1. The van der Waals surface area contributed by atoms with Crippen LogP contribution in [0.4, 0.5) is 0 Å². The Kier molecular flexibility index (Phi) is 3.30. The van der Waals surface area contributed by atoms with Crippen LogP contribution in [0, 0.1) is 0 Å². The summed E-state index contributed by atoms with van der Waals surface area (Å²) < 4.78 is 5.46. The zero-order chi connectivity index (χ0) is 14.1. The van der Waals surface area contributed by atoms with Crippen molar-refractivity contribution in [2.75, 3.05) is 13.2 Å². The normalized spacial score (nSPS) is 21.2. The Morgan fingerprint density at radius 2 is 2.25 bits per heavy atom. The lowest BCUT2D eigenvalue weighted by molar-refractivity contribution is -0.141. The quantitative estimate of drug-likeness (QED) is 0.874. The van der Waals surface area contributed by atoms with Crippen LogP contribution >= 0.6 is 0 Å². The minimum absolute atomic E-state index is 0.303. The zero-order valence-corrected chi connectivity index (χ0v) is 11.0. The van der Waals surface area contributed by atoms with Gasteiger partial charge in [-0.3, -0.25) is 4.79 Å². The SMILES string of the molecule is O=C(O)C1CCCN1C(=O)c1cc2c(cn1)OCCC2. The first-order valence-electron chi connectivity index (χ1n) is 6.82. The van der Waals surface area contributed by atoms with E-state index in [0.717, 1.165) is 30.6 Å². The number of amides is 1. The molecule has 2 aliphatic rings. The fourth-order valence-corrected chi connectivity index (χ4v) is 2.79. The van der Waals surface area contributed by atoms with Crippen molar-refractivity contribution in [3.63, 3.8) is 0 Å².